The van der Waals surface area contributed by atoms with Crippen LogP contribution in [0.4, 0.5) is 0 Å². The Balaban J connectivity index is 3.94. The number of amides is 2. The second-order valence-corrected chi connectivity index (χ2v) is 4.53. The van der Waals surface area contributed by atoms with Crippen LogP contribution in [-0.2, 0) is 9.59 Å². The quantitative estimate of drug-likeness (QED) is 0.557. The van der Waals surface area contributed by atoms with Crippen LogP contribution in [0.1, 0.15) is 27.2 Å². The highest BCUT2D eigenvalue weighted by Gasteiger charge is 2.16. The fourth-order valence-electron chi connectivity index (χ4n) is 0.981. The van der Waals surface area contributed by atoms with Crippen molar-refractivity contribution in [1.82, 2.24) is 10.6 Å². The van der Waals surface area contributed by atoms with Crippen molar-refractivity contribution < 1.29 is 9.59 Å². The molecule has 0 heterocycles. The first-order chi connectivity index (χ1) is 7.26. The van der Waals surface area contributed by atoms with Gasteiger partial charge in [-0.1, -0.05) is 0 Å². The van der Waals surface area contributed by atoms with Gasteiger partial charge in [0.1, 0.15) is 0 Å². The molecule has 0 bridgehead atoms. The smallest absolute Gasteiger partial charge is 0.239 e. The summed E-state index contributed by atoms with van der Waals surface area (Å²) < 4.78 is 0. The van der Waals surface area contributed by atoms with Crippen molar-refractivity contribution in [2.24, 2.45) is 5.73 Å². The van der Waals surface area contributed by atoms with Crippen molar-refractivity contribution in [3.8, 4) is 12.3 Å². The molecule has 90 valence electrons. The zero-order chi connectivity index (χ0) is 12.8. The van der Waals surface area contributed by atoms with E-state index in [-0.39, 0.29) is 24.4 Å². The predicted octanol–water partition coefficient (Wildman–Crippen LogP) is -0.632. The summed E-state index contributed by atoms with van der Waals surface area (Å²) in [7, 11) is 0. The van der Waals surface area contributed by atoms with E-state index in [0.717, 1.165) is 0 Å². The molecule has 0 fully saturated rings. The molecular weight excluding hydrogens is 206 g/mol. The van der Waals surface area contributed by atoms with Gasteiger partial charge < -0.3 is 16.4 Å². The zero-order valence-electron chi connectivity index (χ0n) is 9.96. The van der Waals surface area contributed by atoms with E-state index in [4.69, 9.17) is 12.2 Å². The molecule has 4 N–H and O–H groups in total. The van der Waals surface area contributed by atoms with Crippen molar-refractivity contribution >= 4 is 11.8 Å². The molecule has 0 radical (unpaired) electrons. The van der Waals surface area contributed by atoms with Gasteiger partial charge >= 0.3 is 0 Å². The number of nitrogens with one attached hydrogen (secondary N) is 2. The van der Waals surface area contributed by atoms with Gasteiger partial charge in [-0.3, -0.25) is 9.59 Å². The summed E-state index contributed by atoms with van der Waals surface area (Å²) in [5.74, 6) is 1.62. The van der Waals surface area contributed by atoms with Crippen LogP contribution in [0.5, 0.6) is 0 Å². The maximum Gasteiger partial charge on any atom is 0.239 e. The Hall–Kier alpha value is -1.54. The van der Waals surface area contributed by atoms with Crippen molar-refractivity contribution in [1.29, 1.82) is 0 Å². The highest BCUT2D eigenvalue weighted by Crippen LogP contribution is 1.97. The van der Waals surface area contributed by atoms with E-state index in [9.17, 15) is 9.59 Å². The standard InChI is InChI=1S/C11H19N3O2/c1-5-6-8(12)10(16)13-7-9(15)14-11(2,3)4/h1,8H,6-7,12H2,2-4H3,(H,13,16)(H,14,15). The molecule has 2 amide bonds. The van der Waals surface area contributed by atoms with Crippen molar-refractivity contribution in [2.75, 3.05) is 6.54 Å². The number of carbonyl (C=O) groups is 2. The first kappa shape index (κ1) is 14.5. The highest BCUT2D eigenvalue weighted by atomic mass is 16.2. The lowest BCUT2D eigenvalue weighted by Gasteiger charge is -2.20. The number of carbonyl (C=O) groups excluding carboxylic acids is 2. The van der Waals surface area contributed by atoms with Gasteiger partial charge in [0, 0.05) is 12.0 Å². The molecule has 5 heteroatoms. The van der Waals surface area contributed by atoms with E-state index in [1.165, 1.54) is 0 Å². The van der Waals surface area contributed by atoms with Gasteiger partial charge in [-0.05, 0) is 20.8 Å². The Labute approximate surface area is 96.2 Å². The lowest BCUT2D eigenvalue weighted by Crippen LogP contribution is -2.48. The van der Waals surface area contributed by atoms with Crippen molar-refractivity contribution in [3.05, 3.63) is 0 Å². The predicted molar refractivity (Wildman–Crippen MR) is 62.3 cm³/mol. The highest BCUT2D eigenvalue weighted by molar-refractivity contribution is 5.87. The number of nitrogens with two attached hydrogens (primary N) is 1. The molecule has 0 spiro atoms. The molecule has 0 aromatic carbocycles. The van der Waals surface area contributed by atoms with E-state index < -0.39 is 11.9 Å². The third kappa shape index (κ3) is 6.85. The monoisotopic (exact) mass is 225 g/mol. The average molecular weight is 225 g/mol. The average Bonchev–Trinajstić information content (AvgIpc) is 2.11. The lowest BCUT2D eigenvalue weighted by atomic mass is 10.1. The fraction of sp³-hybridized carbons (Fsp3) is 0.636. The van der Waals surface area contributed by atoms with E-state index in [1.54, 1.807) is 0 Å². The van der Waals surface area contributed by atoms with E-state index in [2.05, 4.69) is 16.6 Å². The fourth-order valence-corrected chi connectivity index (χ4v) is 0.981. The number of hydrogen-bond acceptors (Lipinski definition) is 3. The van der Waals surface area contributed by atoms with E-state index in [0.29, 0.717) is 0 Å². The second kappa shape index (κ2) is 6.13. The Morgan fingerprint density at radius 3 is 2.44 bits per heavy atom. The van der Waals surface area contributed by atoms with Crippen molar-refractivity contribution in [3.63, 3.8) is 0 Å². The SMILES string of the molecule is C#CCC(N)C(=O)NCC(=O)NC(C)(C)C. The summed E-state index contributed by atoms with van der Waals surface area (Å²) in [6.07, 6.45) is 5.18. The molecule has 0 aromatic heterocycles. The normalized spacial score (nSPS) is 12.4. The summed E-state index contributed by atoms with van der Waals surface area (Å²) in [6.45, 7) is 5.48. The molecule has 0 aliphatic heterocycles. The third-order valence-corrected chi connectivity index (χ3v) is 1.61. The summed E-state index contributed by atoms with van der Waals surface area (Å²) in [5.41, 5.74) is 5.14. The Morgan fingerprint density at radius 2 is 2.00 bits per heavy atom. The lowest BCUT2D eigenvalue weighted by molar-refractivity contribution is -0.127. The molecule has 5 nitrogen and oxygen atoms in total. The van der Waals surface area contributed by atoms with Gasteiger partial charge in [0.25, 0.3) is 0 Å². The Morgan fingerprint density at radius 1 is 1.44 bits per heavy atom. The molecule has 16 heavy (non-hydrogen) atoms. The summed E-state index contributed by atoms with van der Waals surface area (Å²) in [4.78, 5) is 22.6. The van der Waals surface area contributed by atoms with Crippen LogP contribution < -0.4 is 16.4 Å². The number of terminal acetylenes is 1. The first-order valence-electron chi connectivity index (χ1n) is 5.04. The van der Waals surface area contributed by atoms with Crippen LogP contribution in [0.25, 0.3) is 0 Å². The van der Waals surface area contributed by atoms with Gasteiger partial charge in [-0.2, -0.15) is 0 Å². The van der Waals surface area contributed by atoms with Gasteiger partial charge in [-0.25, -0.2) is 0 Å². The maximum atomic E-state index is 11.3. The number of rotatable bonds is 4. The molecular formula is C11H19N3O2. The van der Waals surface area contributed by atoms with Crippen LogP contribution in [0.3, 0.4) is 0 Å². The summed E-state index contributed by atoms with van der Waals surface area (Å²) in [6, 6.07) is -0.757. The minimum Gasteiger partial charge on any atom is -0.350 e. The molecule has 1 atom stereocenters. The molecule has 0 aliphatic carbocycles. The number of hydrogen-bond donors (Lipinski definition) is 3. The van der Waals surface area contributed by atoms with Gasteiger partial charge in [-0.15, -0.1) is 12.3 Å². The van der Waals surface area contributed by atoms with Gasteiger partial charge in [0.2, 0.25) is 11.8 Å². The minimum atomic E-state index is -0.757. The molecule has 0 saturated carbocycles. The van der Waals surface area contributed by atoms with Crippen LogP contribution >= 0.6 is 0 Å². The second-order valence-electron chi connectivity index (χ2n) is 4.53. The van der Waals surface area contributed by atoms with Crippen LogP contribution in [0, 0.1) is 12.3 Å². The Kier molecular flexibility index (Phi) is 5.54. The van der Waals surface area contributed by atoms with Crippen LogP contribution in [0.15, 0.2) is 0 Å². The van der Waals surface area contributed by atoms with Gasteiger partial charge in [0.15, 0.2) is 0 Å². The summed E-state index contributed by atoms with van der Waals surface area (Å²) >= 11 is 0. The largest absolute Gasteiger partial charge is 0.350 e. The summed E-state index contributed by atoms with van der Waals surface area (Å²) in [5, 5.41) is 5.13. The Bertz CT molecular complexity index is 299. The van der Waals surface area contributed by atoms with E-state index in [1.807, 2.05) is 20.8 Å². The van der Waals surface area contributed by atoms with Gasteiger partial charge in [0.05, 0.1) is 12.6 Å². The molecule has 0 rings (SSSR count). The van der Waals surface area contributed by atoms with Crippen molar-refractivity contribution in [2.45, 2.75) is 38.8 Å². The molecule has 0 aliphatic rings. The van der Waals surface area contributed by atoms with Crippen LogP contribution in [-0.4, -0.2) is 29.9 Å². The first-order valence-corrected chi connectivity index (χ1v) is 5.04. The zero-order valence-corrected chi connectivity index (χ0v) is 9.96. The minimum absolute atomic E-state index is 0.0889. The van der Waals surface area contributed by atoms with Crippen LogP contribution in [0.2, 0.25) is 0 Å². The third-order valence-electron chi connectivity index (χ3n) is 1.61. The molecule has 1 unspecified atom stereocenters. The maximum absolute atomic E-state index is 11.3. The molecule has 0 saturated heterocycles. The topological polar surface area (TPSA) is 84.2 Å². The van der Waals surface area contributed by atoms with E-state index >= 15 is 0 Å². The molecule has 0 aromatic rings.